The molecule has 4 atom stereocenters. The fraction of sp³-hybridized carbons (Fsp3) is 0.667. The van der Waals surface area contributed by atoms with Crippen LogP contribution in [0.5, 0.6) is 0 Å². The van der Waals surface area contributed by atoms with Crippen LogP contribution >= 0.6 is 0 Å². The van der Waals surface area contributed by atoms with Crippen LogP contribution in [0.4, 0.5) is 0 Å². The molecular formula is C9H12O4. The lowest BCUT2D eigenvalue weighted by Gasteiger charge is -2.22. The molecule has 4 unspecified atom stereocenters. The molecule has 4 nitrogen and oxygen atoms in total. The molecule has 0 bridgehead atoms. The first kappa shape index (κ1) is 8.72. The van der Waals surface area contributed by atoms with Crippen molar-refractivity contribution in [2.75, 3.05) is 0 Å². The molecule has 1 N–H and O–H groups in total. The average Bonchev–Trinajstić information content (AvgIpc) is 2.75. The van der Waals surface area contributed by atoms with E-state index in [0.717, 1.165) is 0 Å². The van der Waals surface area contributed by atoms with Gasteiger partial charge in [-0.25, -0.2) is 4.79 Å². The smallest absolute Gasteiger partial charge is 0.336 e. The number of epoxide rings is 1. The lowest BCUT2D eigenvalue weighted by Crippen LogP contribution is -2.34. The summed E-state index contributed by atoms with van der Waals surface area (Å²) in [6.07, 6.45) is 0.272. The minimum absolute atomic E-state index is 0.0689. The first-order valence-electron chi connectivity index (χ1n) is 4.36. The second-order valence-electron chi connectivity index (χ2n) is 3.48. The molecule has 0 aromatic carbocycles. The molecule has 1 fully saturated rings. The number of carbonyl (C=O) groups excluding carboxylic acids is 1. The van der Waals surface area contributed by atoms with Crippen molar-refractivity contribution in [3.63, 3.8) is 0 Å². The normalized spacial score (nSPS) is 43.9. The van der Waals surface area contributed by atoms with Gasteiger partial charge >= 0.3 is 5.97 Å². The van der Waals surface area contributed by atoms with Crippen LogP contribution in [0.2, 0.25) is 0 Å². The maximum absolute atomic E-state index is 11.3. The highest BCUT2D eigenvalue weighted by Gasteiger charge is 2.44. The molecule has 1 saturated heterocycles. The zero-order valence-corrected chi connectivity index (χ0v) is 7.56. The standard InChI is InChI=1S/C9H12O4/c1-4-7(10)3-6(9(11)13-4)8-5(2)12-8/h3-5,7-8,10H,1-2H3. The molecule has 0 aromatic heterocycles. The Bertz CT molecular complexity index is 271. The summed E-state index contributed by atoms with van der Waals surface area (Å²) in [5.41, 5.74) is 0.457. The zero-order chi connectivity index (χ0) is 9.59. The van der Waals surface area contributed by atoms with E-state index in [-0.39, 0.29) is 18.2 Å². The van der Waals surface area contributed by atoms with E-state index in [0.29, 0.717) is 5.57 Å². The van der Waals surface area contributed by atoms with Crippen molar-refractivity contribution < 1.29 is 19.4 Å². The number of hydrogen-bond donors (Lipinski definition) is 1. The van der Waals surface area contributed by atoms with Crippen LogP contribution in [0, 0.1) is 0 Å². The number of ether oxygens (including phenoxy) is 2. The van der Waals surface area contributed by atoms with E-state index in [9.17, 15) is 9.90 Å². The van der Waals surface area contributed by atoms with E-state index in [1.807, 2.05) is 6.92 Å². The van der Waals surface area contributed by atoms with E-state index in [1.165, 1.54) is 6.08 Å². The Morgan fingerprint density at radius 1 is 1.38 bits per heavy atom. The molecule has 2 heterocycles. The Kier molecular flexibility index (Phi) is 1.89. The molecule has 2 aliphatic rings. The van der Waals surface area contributed by atoms with Gasteiger partial charge in [0.1, 0.15) is 18.3 Å². The lowest BCUT2D eigenvalue weighted by atomic mass is 10.0. The minimum Gasteiger partial charge on any atom is -0.456 e. The third-order valence-electron chi connectivity index (χ3n) is 2.38. The number of hydrogen-bond acceptors (Lipinski definition) is 4. The molecule has 13 heavy (non-hydrogen) atoms. The van der Waals surface area contributed by atoms with Gasteiger partial charge in [-0.15, -0.1) is 0 Å². The molecule has 2 aliphatic heterocycles. The number of aliphatic hydroxyl groups is 1. The maximum atomic E-state index is 11.3. The summed E-state index contributed by atoms with van der Waals surface area (Å²) in [5, 5.41) is 9.42. The number of rotatable bonds is 1. The van der Waals surface area contributed by atoms with Gasteiger partial charge in [-0.3, -0.25) is 0 Å². The van der Waals surface area contributed by atoms with E-state index in [1.54, 1.807) is 6.92 Å². The molecule has 0 saturated carbocycles. The van der Waals surface area contributed by atoms with Gasteiger partial charge in [0.25, 0.3) is 0 Å². The van der Waals surface area contributed by atoms with Gasteiger partial charge in [-0.2, -0.15) is 0 Å². The van der Waals surface area contributed by atoms with E-state index in [2.05, 4.69) is 0 Å². The fourth-order valence-corrected chi connectivity index (χ4v) is 1.42. The number of esters is 1. The van der Waals surface area contributed by atoms with Crippen LogP contribution in [0.15, 0.2) is 11.6 Å². The molecule has 0 radical (unpaired) electrons. The Morgan fingerprint density at radius 3 is 2.54 bits per heavy atom. The summed E-state index contributed by atoms with van der Waals surface area (Å²) in [5.74, 6) is -0.368. The Hall–Kier alpha value is -0.870. The van der Waals surface area contributed by atoms with Crippen LogP contribution in [0.3, 0.4) is 0 Å². The third kappa shape index (κ3) is 1.47. The average molecular weight is 184 g/mol. The van der Waals surface area contributed by atoms with E-state index < -0.39 is 12.2 Å². The molecule has 2 rings (SSSR count). The first-order valence-corrected chi connectivity index (χ1v) is 4.36. The summed E-state index contributed by atoms with van der Waals surface area (Å²) < 4.78 is 10.1. The van der Waals surface area contributed by atoms with Crippen LogP contribution < -0.4 is 0 Å². The van der Waals surface area contributed by atoms with Crippen LogP contribution in [-0.4, -0.2) is 35.5 Å². The predicted octanol–water partition coefficient (Wildman–Crippen LogP) is 0.00630. The fourth-order valence-electron chi connectivity index (χ4n) is 1.42. The molecule has 0 aromatic rings. The molecule has 4 heteroatoms. The van der Waals surface area contributed by atoms with Gasteiger partial charge in [0.15, 0.2) is 0 Å². The summed E-state index contributed by atoms with van der Waals surface area (Å²) in [7, 11) is 0. The van der Waals surface area contributed by atoms with E-state index in [4.69, 9.17) is 9.47 Å². The summed E-state index contributed by atoms with van der Waals surface area (Å²) in [6.45, 7) is 3.54. The van der Waals surface area contributed by atoms with Crippen molar-refractivity contribution in [2.24, 2.45) is 0 Å². The topological polar surface area (TPSA) is 59.1 Å². The highest BCUT2D eigenvalue weighted by atomic mass is 16.6. The minimum atomic E-state index is -0.705. The predicted molar refractivity (Wildman–Crippen MR) is 44.0 cm³/mol. The summed E-state index contributed by atoms with van der Waals surface area (Å²) in [6, 6.07) is 0. The highest BCUT2D eigenvalue weighted by molar-refractivity contribution is 5.91. The van der Waals surface area contributed by atoms with Gasteiger partial charge in [-0.05, 0) is 19.9 Å². The highest BCUT2D eigenvalue weighted by Crippen LogP contribution is 2.32. The Morgan fingerprint density at radius 2 is 2.00 bits per heavy atom. The summed E-state index contributed by atoms with van der Waals surface area (Å²) >= 11 is 0. The second kappa shape index (κ2) is 2.82. The molecule has 0 aliphatic carbocycles. The second-order valence-corrected chi connectivity index (χ2v) is 3.48. The lowest BCUT2D eigenvalue weighted by molar-refractivity contribution is -0.150. The van der Waals surface area contributed by atoms with Crippen LogP contribution in [0.1, 0.15) is 13.8 Å². The number of carbonyl (C=O) groups is 1. The maximum Gasteiger partial charge on any atom is 0.336 e. The third-order valence-corrected chi connectivity index (χ3v) is 2.38. The molecular weight excluding hydrogens is 172 g/mol. The van der Waals surface area contributed by atoms with Crippen LogP contribution in [0.25, 0.3) is 0 Å². The van der Waals surface area contributed by atoms with Crippen molar-refractivity contribution in [1.29, 1.82) is 0 Å². The number of aliphatic hydroxyl groups excluding tert-OH is 1. The van der Waals surface area contributed by atoms with Gasteiger partial charge in [-0.1, -0.05) is 0 Å². The summed E-state index contributed by atoms with van der Waals surface area (Å²) in [4.78, 5) is 11.3. The molecule has 0 amide bonds. The van der Waals surface area contributed by atoms with E-state index >= 15 is 0 Å². The van der Waals surface area contributed by atoms with Crippen molar-refractivity contribution in [2.45, 2.75) is 38.3 Å². The SMILES string of the molecule is CC1OC(=O)C(C2OC2C)=CC1O. The van der Waals surface area contributed by atoms with Crippen molar-refractivity contribution in [3.05, 3.63) is 11.6 Å². The van der Waals surface area contributed by atoms with Gasteiger partial charge in [0.05, 0.1) is 11.7 Å². The van der Waals surface area contributed by atoms with Gasteiger partial charge in [0.2, 0.25) is 0 Å². The Balaban J connectivity index is 2.17. The Labute approximate surface area is 76.1 Å². The largest absolute Gasteiger partial charge is 0.456 e. The molecule has 0 spiro atoms. The number of cyclic esters (lactones) is 1. The van der Waals surface area contributed by atoms with Gasteiger partial charge in [0, 0.05) is 0 Å². The van der Waals surface area contributed by atoms with Gasteiger partial charge < -0.3 is 14.6 Å². The van der Waals surface area contributed by atoms with Crippen molar-refractivity contribution in [3.8, 4) is 0 Å². The quantitative estimate of drug-likeness (QED) is 0.460. The van der Waals surface area contributed by atoms with Crippen molar-refractivity contribution >= 4 is 5.97 Å². The zero-order valence-electron chi connectivity index (χ0n) is 7.56. The molecule has 72 valence electrons. The van der Waals surface area contributed by atoms with Crippen LogP contribution in [-0.2, 0) is 14.3 Å². The van der Waals surface area contributed by atoms with Crippen molar-refractivity contribution in [1.82, 2.24) is 0 Å². The monoisotopic (exact) mass is 184 g/mol. The first-order chi connectivity index (χ1) is 6.09.